The third kappa shape index (κ3) is 3.91. The molecular formula is C16H13NO6. The van der Waals surface area contributed by atoms with Gasteiger partial charge >= 0.3 is 11.9 Å². The van der Waals surface area contributed by atoms with Crippen LogP contribution in [0.3, 0.4) is 0 Å². The van der Waals surface area contributed by atoms with Crippen LogP contribution < -0.4 is 0 Å². The molecule has 0 saturated carbocycles. The molecule has 0 aliphatic carbocycles. The molecule has 0 N–H and O–H groups in total. The van der Waals surface area contributed by atoms with Gasteiger partial charge in [-0.2, -0.15) is 0 Å². The molecule has 7 nitrogen and oxygen atoms in total. The van der Waals surface area contributed by atoms with Gasteiger partial charge in [-0.3, -0.25) is 10.1 Å². The molecule has 0 unspecified atom stereocenters. The summed E-state index contributed by atoms with van der Waals surface area (Å²) in [6.07, 6.45) is 0. The number of carbonyl (C=O) groups is 2. The predicted molar refractivity (Wildman–Crippen MR) is 80.0 cm³/mol. The van der Waals surface area contributed by atoms with E-state index < -0.39 is 16.9 Å². The number of hydrogen-bond acceptors (Lipinski definition) is 6. The van der Waals surface area contributed by atoms with Crippen molar-refractivity contribution in [1.29, 1.82) is 0 Å². The number of nitro benzene ring substituents is 1. The lowest BCUT2D eigenvalue weighted by Gasteiger charge is -2.06. The summed E-state index contributed by atoms with van der Waals surface area (Å²) in [5, 5.41) is 10.9. The summed E-state index contributed by atoms with van der Waals surface area (Å²) < 4.78 is 9.68. The first kappa shape index (κ1) is 16.2. The van der Waals surface area contributed by atoms with Crippen LogP contribution in [-0.2, 0) is 16.1 Å². The minimum Gasteiger partial charge on any atom is -0.465 e. The molecule has 0 saturated heterocycles. The van der Waals surface area contributed by atoms with Gasteiger partial charge in [0.2, 0.25) is 0 Å². The zero-order chi connectivity index (χ0) is 16.8. The van der Waals surface area contributed by atoms with E-state index in [1.54, 1.807) is 18.2 Å². The van der Waals surface area contributed by atoms with Crippen LogP contribution in [0.4, 0.5) is 5.69 Å². The van der Waals surface area contributed by atoms with Gasteiger partial charge in [0.1, 0.15) is 12.2 Å². The number of ether oxygens (including phenoxy) is 2. The van der Waals surface area contributed by atoms with E-state index in [0.29, 0.717) is 11.1 Å². The molecule has 2 aromatic rings. The first-order valence-corrected chi connectivity index (χ1v) is 6.60. The Morgan fingerprint density at radius 1 is 1.09 bits per heavy atom. The van der Waals surface area contributed by atoms with Gasteiger partial charge in [-0.1, -0.05) is 24.3 Å². The van der Waals surface area contributed by atoms with E-state index in [1.165, 1.54) is 37.4 Å². The quantitative estimate of drug-likeness (QED) is 0.478. The molecule has 0 radical (unpaired) electrons. The molecule has 23 heavy (non-hydrogen) atoms. The van der Waals surface area contributed by atoms with E-state index in [4.69, 9.17) is 4.74 Å². The fourth-order valence-corrected chi connectivity index (χ4v) is 1.94. The Morgan fingerprint density at radius 3 is 2.52 bits per heavy atom. The molecule has 0 aliphatic rings. The number of methoxy groups -OCH3 is 1. The third-order valence-corrected chi connectivity index (χ3v) is 3.04. The van der Waals surface area contributed by atoms with Gasteiger partial charge in [0.15, 0.2) is 0 Å². The molecule has 0 atom stereocenters. The summed E-state index contributed by atoms with van der Waals surface area (Å²) in [4.78, 5) is 33.7. The highest BCUT2D eigenvalue weighted by Crippen LogP contribution is 2.19. The highest BCUT2D eigenvalue weighted by atomic mass is 16.6. The SMILES string of the molecule is COC(=O)c1cccc(COC(=O)c2ccccc2[N+](=O)[O-])c1. The van der Waals surface area contributed by atoms with Crippen molar-refractivity contribution in [3.05, 3.63) is 75.3 Å². The largest absolute Gasteiger partial charge is 0.465 e. The molecule has 2 aromatic carbocycles. The minimum absolute atomic E-state index is 0.115. The van der Waals surface area contributed by atoms with Crippen molar-refractivity contribution in [2.24, 2.45) is 0 Å². The number of para-hydroxylation sites is 1. The fourth-order valence-electron chi connectivity index (χ4n) is 1.94. The smallest absolute Gasteiger partial charge is 0.345 e. The molecule has 0 fully saturated rings. The summed E-state index contributed by atoms with van der Waals surface area (Å²) in [5.41, 5.74) is 0.453. The van der Waals surface area contributed by atoms with Crippen LogP contribution in [0.15, 0.2) is 48.5 Å². The Balaban J connectivity index is 2.11. The predicted octanol–water partition coefficient (Wildman–Crippen LogP) is 2.74. The molecule has 0 aliphatic heterocycles. The van der Waals surface area contributed by atoms with Gasteiger partial charge in [-0.05, 0) is 23.8 Å². The molecule has 2 rings (SSSR count). The second kappa shape index (κ2) is 7.17. The number of benzene rings is 2. The van der Waals surface area contributed by atoms with Crippen LogP contribution in [0.5, 0.6) is 0 Å². The molecule has 7 heteroatoms. The van der Waals surface area contributed by atoms with Gasteiger partial charge in [-0.25, -0.2) is 9.59 Å². The normalized spacial score (nSPS) is 9.96. The number of esters is 2. The molecule has 0 heterocycles. The van der Waals surface area contributed by atoms with Crippen LogP contribution >= 0.6 is 0 Å². The summed E-state index contributed by atoms with van der Waals surface area (Å²) in [7, 11) is 1.27. The van der Waals surface area contributed by atoms with Crippen LogP contribution in [-0.4, -0.2) is 24.0 Å². The fraction of sp³-hybridized carbons (Fsp3) is 0.125. The maximum atomic E-state index is 12.0. The van der Waals surface area contributed by atoms with E-state index in [9.17, 15) is 19.7 Å². The number of rotatable bonds is 5. The number of nitro groups is 1. The van der Waals surface area contributed by atoms with E-state index in [2.05, 4.69) is 4.74 Å². The first-order valence-electron chi connectivity index (χ1n) is 6.60. The number of carbonyl (C=O) groups excluding carboxylic acids is 2. The Labute approximate surface area is 131 Å². The van der Waals surface area contributed by atoms with Crippen LogP contribution in [0, 0.1) is 10.1 Å². The van der Waals surface area contributed by atoms with Gasteiger partial charge in [0.05, 0.1) is 17.6 Å². The van der Waals surface area contributed by atoms with Crippen molar-refractivity contribution in [2.45, 2.75) is 6.61 Å². The Morgan fingerprint density at radius 2 is 1.83 bits per heavy atom. The average molecular weight is 315 g/mol. The number of nitrogens with zero attached hydrogens (tertiary/aromatic N) is 1. The minimum atomic E-state index is -0.805. The van der Waals surface area contributed by atoms with Gasteiger partial charge in [0, 0.05) is 6.07 Å². The highest BCUT2D eigenvalue weighted by Gasteiger charge is 2.20. The Kier molecular flexibility index (Phi) is 5.03. The molecule has 118 valence electrons. The molecular weight excluding hydrogens is 302 g/mol. The van der Waals surface area contributed by atoms with Gasteiger partial charge in [0.25, 0.3) is 5.69 Å². The van der Waals surface area contributed by atoms with Gasteiger partial charge in [-0.15, -0.1) is 0 Å². The van der Waals surface area contributed by atoms with Crippen LogP contribution in [0.1, 0.15) is 26.3 Å². The first-order chi connectivity index (χ1) is 11.0. The van der Waals surface area contributed by atoms with E-state index >= 15 is 0 Å². The van der Waals surface area contributed by atoms with Crippen molar-refractivity contribution in [3.8, 4) is 0 Å². The zero-order valence-electron chi connectivity index (χ0n) is 12.2. The van der Waals surface area contributed by atoms with Crippen LogP contribution in [0.25, 0.3) is 0 Å². The standard InChI is InChI=1S/C16H13NO6/c1-22-15(18)12-6-4-5-11(9-12)10-23-16(19)13-7-2-3-8-14(13)17(20)21/h2-9H,10H2,1H3. The molecule has 0 amide bonds. The van der Waals surface area contributed by atoms with Crippen molar-refractivity contribution in [3.63, 3.8) is 0 Å². The second-order valence-corrected chi connectivity index (χ2v) is 4.54. The monoisotopic (exact) mass is 315 g/mol. The van der Waals surface area contributed by atoms with Crippen LogP contribution in [0.2, 0.25) is 0 Å². The highest BCUT2D eigenvalue weighted by molar-refractivity contribution is 5.94. The van der Waals surface area contributed by atoms with Crippen molar-refractivity contribution < 1.29 is 24.0 Å². The lowest BCUT2D eigenvalue weighted by molar-refractivity contribution is -0.385. The average Bonchev–Trinajstić information content (AvgIpc) is 2.59. The zero-order valence-corrected chi connectivity index (χ0v) is 12.2. The summed E-state index contributed by atoms with van der Waals surface area (Å²) in [5.74, 6) is -1.31. The van der Waals surface area contributed by atoms with Crippen molar-refractivity contribution in [1.82, 2.24) is 0 Å². The molecule has 0 spiro atoms. The lowest BCUT2D eigenvalue weighted by atomic mass is 10.1. The maximum absolute atomic E-state index is 12.0. The van der Waals surface area contributed by atoms with E-state index in [0.717, 1.165) is 0 Å². The van der Waals surface area contributed by atoms with E-state index in [1.807, 2.05) is 0 Å². The Bertz CT molecular complexity index is 756. The maximum Gasteiger partial charge on any atom is 0.345 e. The lowest BCUT2D eigenvalue weighted by Crippen LogP contribution is -2.09. The summed E-state index contributed by atoms with van der Waals surface area (Å²) in [6, 6.07) is 11.9. The topological polar surface area (TPSA) is 95.7 Å². The van der Waals surface area contributed by atoms with Gasteiger partial charge < -0.3 is 9.47 Å². The van der Waals surface area contributed by atoms with E-state index in [-0.39, 0.29) is 17.9 Å². The summed E-state index contributed by atoms with van der Waals surface area (Å²) in [6.45, 7) is -0.115. The number of hydrogen-bond donors (Lipinski definition) is 0. The molecule has 0 bridgehead atoms. The van der Waals surface area contributed by atoms with Crippen molar-refractivity contribution in [2.75, 3.05) is 7.11 Å². The second-order valence-electron chi connectivity index (χ2n) is 4.54. The summed E-state index contributed by atoms with van der Waals surface area (Å²) >= 11 is 0. The third-order valence-electron chi connectivity index (χ3n) is 3.04. The van der Waals surface area contributed by atoms with Crippen molar-refractivity contribution >= 4 is 17.6 Å². The molecule has 0 aromatic heterocycles. The Hall–Kier alpha value is -3.22.